The van der Waals surface area contributed by atoms with Crippen molar-refractivity contribution in [3.05, 3.63) is 53.0 Å². The van der Waals surface area contributed by atoms with Crippen molar-refractivity contribution in [2.45, 2.75) is 26.3 Å². The Balaban J connectivity index is 2.25. The largest absolute Gasteiger partial charge is 0.497 e. The molecule has 1 heterocycles. The molecule has 0 amide bonds. The molecule has 124 valence electrons. The summed E-state index contributed by atoms with van der Waals surface area (Å²) < 4.78 is 6.32. The Morgan fingerprint density at radius 3 is 2.29 bits per heavy atom. The van der Waals surface area contributed by atoms with Crippen molar-refractivity contribution in [3.63, 3.8) is 0 Å². The van der Waals surface area contributed by atoms with E-state index >= 15 is 0 Å². The summed E-state index contributed by atoms with van der Waals surface area (Å²) in [6.07, 6.45) is 0. The topological polar surface area (TPSA) is 34.1 Å². The van der Waals surface area contributed by atoms with E-state index < -0.39 is 0 Å². The maximum absolute atomic E-state index is 5.27. The summed E-state index contributed by atoms with van der Waals surface area (Å²) in [6, 6.07) is 16.2. The average molecular weight is 385 g/mol. The van der Waals surface area contributed by atoms with Crippen LogP contribution < -0.4 is 10.1 Å². The third-order valence-corrected chi connectivity index (χ3v) is 4.52. The second-order valence-corrected chi connectivity index (χ2v) is 7.56. The molecule has 1 N–H and O–H groups in total. The molecular weight excluding hydrogens is 364 g/mol. The van der Waals surface area contributed by atoms with Gasteiger partial charge >= 0.3 is 0 Å². The second-order valence-electron chi connectivity index (χ2n) is 6.77. The van der Waals surface area contributed by atoms with Gasteiger partial charge in [-0.25, -0.2) is 4.98 Å². The molecule has 0 atom stereocenters. The lowest BCUT2D eigenvalue weighted by Crippen LogP contribution is -2.27. The average Bonchev–Trinajstić information content (AvgIpc) is 2.54. The number of hydrogen-bond acceptors (Lipinski definition) is 3. The van der Waals surface area contributed by atoms with Gasteiger partial charge in [0.25, 0.3) is 0 Å². The number of methoxy groups -OCH3 is 1. The van der Waals surface area contributed by atoms with Gasteiger partial charge in [-0.2, -0.15) is 0 Å². The van der Waals surface area contributed by atoms with Crippen molar-refractivity contribution in [3.8, 4) is 16.9 Å². The molecule has 0 fully saturated rings. The number of aromatic nitrogens is 1. The molecule has 3 rings (SSSR count). The van der Waals surface area contributed by atoms with Gasteiger partial charge in [-0.1, -0.05) is 30.3 Å². The zero-order valence-corrected chi connectivity index (χ0v) is 15.9. The van der Waals surface area contributed by atoms with Crippen LogP contribution in [0.25, 0.3) is 22.0 Å². The van der Waals surface area contributed by atoms with E-state index in [-0.39, 0.29) is 5.54 Å². The van der Waals surface area contributed by atoms with Crippen molar-refractivity contribution < 1.29 is 4.74 Å². The van der Waals surface area contributed by atoms with Gasteiger partial charge in [-0.15, -0.1) is 0 Å². The van der Waals surface area contributed by atoms with Crippen LogP contribution in [0.4, 0.5) is 5.82 Å². The van der Waals surface area contributed by atoms with Crippen LogP contribution in [-0.2, 0) is 0 Å². The third-order valence-electron chi connectivity index (χ3n) is 3.70. The molecule has 3 aromatic rings. The van der Waals surface area contributed by atoms with Crippen LogP contribution in [0.2, 0.25) is 0 Å². The van der Waals surface area contributed by atoms with Gasteiger partial charge in [0.05, 0.1) is 12.6 Å². The number of pyridine rings is 1. The van der Waals surface area contributed by atoms with Crippen LogP contribution in [0.15, 0.2) is 53.0 Å². The first kappa shape index (κ1) is 16.8. The van der Waals surface area contributed by atoms with Crippen LogP contribution in [0, 0.1) is 0 Å². The molecule has 0 radical (unpaired) electrons. The predicted molar refractivity (Wildman–Crippen MR) is 105 cm³/mol. The minimum Gasteiger partial charge on any atom is -0.497 e. The molecule has 24 heavy (non-hydrogen) atoms. The number of fused-ring (bicyclic) bond motifs is 1. The van der Waals surface area contributed by atoms with Gasteiger partial charge in [0.1, 0.15) is 11.6 Å². The Bertz CT molecular complexity index is 867. The van der Waals surface area contributed by atoms with Crippen molar-refractivity contribution in [2.75, 3.05) is 12.4 Å². The van der Waals surface area contributed by atoms with Gasteiger partial charge in [0.15, 0.2) is 0 Å². The van der Waals surface area contributed by atoms with Crippen LogP contribution in [-0.4, -0.2) is 17.6 Å². The smallest absolute Gasteiger partial charge is 0.136 e. The molecule has 0 aliphatic heterocycles. The van der Waals surface area contributed by atoms with Gasteiger partial charge in [0.2, 0.25) is 0 Å². The van der Waals surface area contributed by atoms with Crippen molar-refractivity contribution in [1.82, 2.24) is 4.98 Å². The quantitative estimate of drug-likeness (QED) is 0.611. The van der Waals surface area contributed by atoms with Gasteiger partial charge in [-0.05, 0) is 60.5 Å². The van der Waals surface area contributed by atoms with Crippen LogP contribution >= 0.6 is 15.9 Å². The lowest BCUT2D eigenvalue weighted by Gasteiger charge is -2.24. The predicted octanol–water partition coefficient (Wildman–Crippen LogP) is 5.88. The summed E-state index contributed by atoms with van der Waals surface area (Å²) in [4.78, 5) is 4.87. The Morgan fingerprint density at radius 1 is 1.00 bits per heavy atom. The number of halogens is 1. The molecule has 4 heteroatoms. The van der Waals surface area contributed by atoms with Gasteiger partial charge < -0.3 is 10.1 Å². The molecular formula is C20H21BrN2O. The Morgan fingerprint density at radius 2 is 1.67 bits per heavy atom. The standard InChI is InChI=1S/C20H21BrN2O/c1-20(2,3)23-19-17(13-9-11-14(24-4)12-10-13)18(21)15-7-5-6-8-16(15)22-19/h5-12H,1-4H3,(H,22,23). The van der Waals surface area contributed by atoms with Crippen molar-refractivity contribution in [2.24, 2.45) is 0 Å². The fraction of sp³-hybridized carbons (Fsp3) is 0.250. The number of rotatable bonds is 3. The van der Waals surface area contributed by atoms with Crippen LogP contribution in [0.5, 0.6) is 5.75 Å². The molecule has 0 spiro atoms. The van der Waals surface area contributed by atoms with E-state index in [1.165, 1.54) is 0 Å². The third kappa shape index (κ3) is 3.39. The highest BCUT2D eigenvalue weighted by Crippen LogP contribution is 2.40. The maximum Gasteiger partial charge on any atom is 0.136 e. The minimum absolute atomic E-state index is 0.0872. The zero-order chi connectivity index (χ0) is 17.3. The molecule has 3 nitrogen and oxygen atoms in total. The summed E-state index contributed by atoms with van der Waals surface area (Å²) in [5, 5.41) is 4.64. The normalized spacial score (nSPS) is 11.5. The number of nitrogens with one attached hydrogen (secondary N) is 1. The number of benzene rings is 2. The minimum atomic E-state index is -0.0872. The molecule has 2 aromatic carbocycles. The van der Waals surface area contributed by atoms with Gasteiger partial charge in [-0.3, -0.25) is 0 Å². The Hall–Kier alpha value is -2.07. The van der Waals surface area contributed by atoms with E-state index in [0.29, 0.717) is 0 Å². The molecule has 0 bridgehead atoms. The molecule has 0 aliphatic carbocycles. The number of anilines is 1. The fourth-order valence-electron chi connectivity index (χ4n) is 2.64. The highest BCUT2D eigenvalue weighted by atomic mass is 79.9. The highest BCUT2D eigenvalue weighted by molar-refractivity contribution is 9.10. The van der Waals surface area contributed by atoms with E-state index in [1.54, 1.807) is 7.11 Å². The first-order valence-electron chi connectivity index (χ1n) is 7.90. The monoisotopic (exact) mass is 384 g/mol. The van der Waals surface area contributed by atoms with Crippen LogP contribution in [0.1, 0.15) is 20.8 Å². The summed E-state index contributed by atoms with van der Waals surface area (Å²) >= 11 is 3.80. The lowest BCUT2D eigenvalue weighted by atomic mass is 10.0. The first-order valence-corrected chi connectivity index (χ1v) is 8.69. The fourth-order valence-corrected chi connectivity index (χ4v) is 3.39. The number of ether oxygens (including phenoxy) is 1. The highest BCUT2D eigenvalue weighted by Gasteiger charge is 2.19. The second kappa shape index (κ2) is 6.44. The maximum atomic E-state index is 5.27. The summed E-state index contributed by atoms with van der Waals surface area (Å²) in [5.74, 6) is 1.71. The number of hydrogen-bond donors (Lipinski definition) is 1. The SMILES string of the molecule is COc1ccc(-c2c(NC(C)(C)C)nc3ccccc3c2Br)cc1. The van der Waals surface area contributed by atoms with E-state index in [2.05, 4.69) is 60.2 Å². The summed E-state index contributed by atoms with van der Waals surface area (Å²) in [6.45, 7) is 6.40. The summed E-state index contributed by atoms with van der Waals surface area (Å²) in [5.41, 5.74) is 3.03. The van der Waals surface area contributed by atoms with Crippen molar-refractivity contribution >= 4 is 32.7 Å². The molecule has 0 aliphatic rings. The van der Waals surface area contributed by atoms with Gasteiger partial charge in [0, 0.05) is 21.0 Å². The van der Waals surface area contributed by atoms with E-state index in [4.69, 9.17) is 9.72 Å². The lowest BCUT2D eigenvalue weighted by molar-refractivity contribution is 0.415. The van der Waals surface area contributed by atoms with Crippen LogP contribution in [0.3, 0.4) is 0 Å². The number of para-hydroxylation sites is 1. The molecule has 1 aromatic heterocycles. The first-order chi connectivity index (χ1) is 11.4. The molecule has 0 saturated heterocycles. The Kier molecular flexibility index (Phi) is 4.50. The van der Waals surface area contributed by atoms with E-state index in [0.717, 1.165) is 38.1 Å². The van der Waals surface area contributed by atoms with E-state index in [1.807, 2.05) is 30.3 Å². The van der Waals surface area contributed by atoms with Crippen molar-refractivity contribution in [1.29, 1.82) is 0 Å². The van der Waals surface area contributed by atoms with E-state index in [9.17, 15) is 0 Å². The molecule has 0 unspecified atom stereocenters. The molecule has 0 saturated carbocycles. The summed E-state index contributed by atoms with van der Waals surface area (Å²) in [7, 11) is 1.68. The Labute approximate surface area is 151 Å². The zero-order valence-electron chi connectivity index (χ0n) is 14.4. The number of nitrogens with zero attached hydrogens (tertiary/aromatic N) is 1.